The molecule has 0 radical (unpaired) electrons. The minimum Gasteiger partial charge on any atom is -0.508 e. The van der Waals surface area contributed by atoms with Crippen LogP contribution in [0.15, 0.2) is 48.7 Å². The van der Waals surface area contributed by atoms with Crippen molar-refractivity contribution < 1.29 is 29.0 Å². The van der Waals surface area contributed by atoms with Crippen molar-refractivity contribution in [3.63, 3.8) is 0 Å². The number of carbonyl (C=O) groups excluding carboxylic acids is 4. The molecule has 3 rings (SSSR count). The molecule has 7 N–H and O–H groups in total. The number of carbonyl (C=O) groups is 4. The predicted octanol–water partition coefficient (Wildman–Crippen LogP) is 2.25. The summed E-state index contributed by atoms with van der Waals surface area (Å²) < 4.78 is 5.34. The number of ether oxygens (including phenoxy) is 1. The first-order chi connectivity index (χ1) is 19.3. The van der Waals surface area contributed by atoms with Crippen molar-refractivity contribution in [1.82, 2.24) is 20.9 Å². The molecule has 2 atom stereocenters. The molecule has 1 aromatic heterocycles. The number of aromatic amines is 1. The molecule has 0 unspecified atom stereocenters. The van der Waals surface area contributed by atoms with Crippen molar-refractivity contribution in [1.29, 1.82) is 5.26 Å². The number of benzene rings is 2. The molecule has 0 bridgehead atoms. The fourth-order valence-electron chi connectivity index (χ4n) is 4.05. The van der Waals surface area contributed by atoms with E-state index in [0.717, 1.165) is 11.1 Å². The Kier molecular flexibility index (Phi) is 9.92. The van der Waals surface area contributed by atoms with Gasteiger partial charge >= 0.3 is 6.09 Å². The number of nitriles is 1. The second-order valence-corrected chi connectivity index (χ2v) is 10.5. The lowest BCUT2D eigenvalue weighted by molar-refractivity contribution is -0.130. The van der Waals surface area contributed by atoms with E-state index in [1.54, 1.807) is 57.3 Å². The second-order valence-electron chi connectivity index (χ2n) is 10.5. The third kappa shape index (κ3) is 9.28. The predicted molar refractivity (Wildman–Crippen MR) is 150 cm³/mol. The van der Waals surface area contributed by atoms with Gasteiger partial charge < -0.3 is 36.5 Å². The molecule has 0 fully saturated rings. The minimum absolute atomic E-state index is 0.00390. The number of nitrogens with zero attached hydrogens (tertiary/aromatic N) is 1. The first-order valence-corrected chi connectivity index (χ1v) is 13.0. The molecule has 0 saturated carbocycles. The maximum absolute atomic E-state index is 13.5. The van der Waals surface area contributed by atoms with E-state index in [1.807, 2.05) is 6.07 Å². The average molecular weight is 563 g/mol. The molecule has 12 nitrogen and oxygen atoms in total. The Hall–Kier alpha value is -5.05. The van der Waals surface area contributed by atoms with E-state index in [4.69, 9.17) is 15.7 Å². The summed E-state index contributed by atoms with van der Waals surface area (Å²) in [5.41, 5.74) is 7.02. The highest BCUT2D eigenvalue weighted by atomic mass is 16.6. The Morgan fingerprint density at radius 2 is 1.76 bits per heavy atom. The zero-order chi connectivity index (χ0) is 30.2. The summed E-state index contributed by atoms with van der Waals surface area (Å²) in [5.74, 6) is -1.86. The molecule has 0 spiro atoms. The number of hydrogen-bond donors (Lipinski definition) is 6. The molecule has 12 heteroatoms. The summed E-state index contributed by atoms with van der Waals surface area (Å²) >= 11 is 0. The number of rotatable bonds is 11. The van der Waals surface area contributed by atoms with Crippen molar-refractivity contribution in [2.45, 2.75) is 64.3 Å². The van der Waals surface area contributed by atoms with Crippen molar-refractivity contribution >= 4 is 34.7 Å². The number of nitrogens with one attached hydrogen (secondary N) is 4. The first-order valence-electron chi connectivity index (χ1n) is 13.0. The molecule has 4 amide bonds. The largest absolute Gasteiger partial charge is 0.508 e. The highest BCUT2D eigenvalue weighted by molar-refractivity contribution is 5.93. The Morgan fingerprint density at radius 1 is 1.05 bits per heavy atom. The average Bonchev–Trinajstić information content (AvgIpc) is 3.29. The SMILES string of the molecule is CC(C)(C)OC(=O)N[C@@H](Cc1c[nH]c2ccc(O)cc12)C(=O)N[C@@H](CCC(N)=O)C(=O)NCc1ccc(C#N)cc1. The van der Waals surface area contributed by atoms with Crippen LogP contribution in [0.5, 0.6) is 5.75 Å². The summed E-state index contributed by atoms with van der Waals surface area (Å²) in [6, 6.07) is 11.1. The first kappa shape index (κ1) is 30.5. The van der Waals surface area contributed by atoms with Crippen LogP contribution in [0.1, 0.15) is 50.3 Å². The van der Waals surface area contributed by atoms with Gasteiger partial charge in [0.1, 0.15) is 23.4 Å². The van der Waals surface area contributed by atoms with Crippen molar-refractivity contribution in [2.24, 2.45) is 5.73 Å². The number of amides is 4. The molecule has 3 aromatic rings. The minimum atomic E-state index is -1.17. The third-order valence-electron chi connectivity index (χ3n) is 6.04. The van der Waals surface area contributed by atoms with E-state index in [-0.39, 0.29) is 31.6 Å². The van der Waals surface area contributed by atoms with E-state index < -0.39 is 41.5 Å². The van der Waals surface area contributed by atoms with Gasteiger partial charge in [0.15, 0.2) is 0 Å². The quantitative estimate of drug-likeness (QED) is 0.206. The Balaban J connectivity index is 1.80. The fourth-order valence-corrected chi connectivity index (χ4v) is 4.05. The smallest absolute Gasteiger partial charge is 0.408 e. The standard InChI is InChI=1S/C29H34N6O6/c1-29(2,3)41-28(40)35-24(12-19-16-32-22-9-8-20(36)13-21(19)22)27(39)34-23(10-11-25(31)37)26(38)33-15-18-6-4-17(14-30)5-7-18/h4-9,13,16,23-24,32,36H,10-12,15H2,1-3H3,(H2,31,37)(H,33,38)(H,34,39)(H,35,40)/t23-,24-/m0/s1. The van der Waals surface area contributed by atoms with Gasteiger partial charge in [-0.3, -0.25) is 14.4 Å². The third-order valence-corrected chi connectivity index (χ3v) is 6.04. The van der Waals surface area contributed by atoms with Crippen LogP contribution < -0.4 is 21.7 Å². The molecule has 216 valence electrons. The number of aromatic nitrogens is 1. The number of H-pyrrole nitrogens is 1. The van der Waals surface area contributed by atoms with Gasteiger partial charge in [0, 0.05) is 36.5 Å². The molecule has 0 aliphatic carbocycles. The van der Waals surface area contributed by atoms with Crippen LogP contribution in [-0.2, 0) is 32.1 Å². The number of aromatic hydroxyl groups is 1. The fraction of sp³-hybridized carbons (Fsp3) is 0.345. The van der Waals surface area contributed by atoms with Crippen molar-refractivity contribution in [3.05, 3.63) is 65.4 Å². The van der Waals surface area contributed by atoms with Gasteiger partial charge in [-0.25, -0.2) is 4.79 Å². The van der Waals surface area contributed by atoms with Gasteiger partial charge in [0.05, 0.1) is 11.6 Å². The van der Waals surface area contributed by atoms with E-state index in [1.165, 1.54) is 12.1 Å². The normalized spacial score (nSPS) is 12.5. The lowest BCUT2D eigenvalue weighted by Gasteiger charge is -2.25. The highest BCUT2D eigenvalue weighted by Gasteiger charge is 2.29. The summed E-state index contributed by atoms with van der Waals surface area (Å²) in [7, 11) is 0. The van der Waals surface area contributed by atoms with Gasteiger partial charge in [-0.2, -0.15) is 5.26 Å². The molecule has 0 aliphatic heterocycles. The topological polar surface area (TPSA) is 199 Å². The Morgan fingerprint density at radius 3 is 2.39 bits per heavy atom. The zero-order valence-electron chi connectivity index (χ0n) is 23.1. The van der Waals surface area contributed by atoms with Crippen molar-refractivity contribution in [2.75, 3.05) is 0 Å². The van der Waals surface area contributed by atoms with Crippen LogP contribution in [0.3, 0.4) is 0 Å². The Labute approximate surface area is 237 Å². The highest BCUT2D eigenvalue weighted by Crippen LogP contribution is 2.24. The lowest BCUT2D eigenvalue weighted by Crippen LogP contribution is -2.55. The lowest BCUT2D eigenvalue weighted by atomic mass is 10.0. The molecule has 2 aromatic carbocycles. The number of fused-ring (bicyclic) bond motifs is 1. The molecule has 0 aliphatic rings. The number of phenolic OH excluding ortho intramolecular Hbond substituents is 1. The van der Waals surface area contributed by atoms with Gasteiger partial charge in [0.25, 0.3) is 0 Å². The molecule has 1 heterocycles. The monoisotopic (exact) mass is 562 g/mol. The molecular formula is C29H34N6O6. The van der Waals surface area contributed by atoms with E-state index >= 15 is 0 Å². The van der Waals surface area contributed by atoms with Gasteiger partial charge in [0.2, 0.25) is 17.7 Å². The molecular weight excluding hydrogens is 528 g/mol. The molecule has 41 heavy (non-hydrogen) atoms. The van der Waals surface area contributed by atoms with Crippen LogP contribution in [0.2, 0.25) is 0 Å². The van der Waals surface area contributed by atoms with Crippen molar-refractivity contribution in [3.8, 4) is 11.8 Å². The van der Waals surface area contributed by atoms with Crippen LogP contribution in [-0.4, -0.2) is 51.6 Å². The zero-order valence-corrected chi connectivity index (χ0v) is 23.1. The summed E-state index contributed by atoms with van der Waals surface area (Å²) in [5, 5.41) is 27.5. The van der Waals surface area contributed by atoms with Crippen LogP contribution in [0, 0.1) is 11.3 Å². The van der Waals surface area contributed by atoms with Gasteiger partial charge in [-0.15, -0.1) is 0 Å². The second kappa shape index (κ2) is 13.3. The summed E-state index contributed by atoms with van der Waals surface area (Å²) in [4.78, 5) is 53.8. The summed E-state index contributed by atoms with van der Waals surface area (Å²) in [6.45, 7) is 5.17. The summed E-state index contributed by atoms with van der Waals surface area (Å²) in [6.07, 6.45) is 0.598. The number of alkyl carbamates (subject to hydrolysis) is 1. The van der Waals surface area contributed by atoms with Crippen LogP contribution in [0.4, 0.5) is 4.79 Å². The maximum Gasteiger partial charge on any atom is 0.408 e. The van der Waals surface area contributed by atoms with E-state index in [9.17, 15) is 24.3 Å². The van der Waals surface area contributed by atoms with Gasteiger partial charge in [-0.1, -0.05) is 12.1 Å². The van der Waals surface area contributed by atoms with Crippen LogP contribution in [0.25, 0.3) is 10.9 Å². The maximum atomic E-state index is 13.5. The van der Waals surface area contributed by atoms with Crippen LogP contribution >= 0.6 is 0 Å². The number of nitrogens with two attached hydrogens (primary N) is 1. The molecule has 0 saturated heterocycles. The Bertz CT molecular complexity index is 1450. The number of phenols is 1. The number of primary amides is 1. The van der Waals surface area contributed by atoms with E-state index in [2.05, 4.69) is 20.9 Å². The number of hydrogen-bond acceptors (Lipinski definition) is 7. The van der Waals surface area contributed by atoms with Gasteiger partial charge in [-0.05, 0) is 68.7 Å². The van der Waals surface area contributed by atoms with E-state index in [0.29, 0.717) is 16.5 Å².